The first kappa shape index (κ1) is 11.1. The van der Waals surface area contributed by atoms with Gasteiger partial charge in [0.05, 0.1) is 6.54 Å². The van der Waals surface area contributed by atoms with Gasteiger partial charge in [0, 0.05) is 19.0 Å². The molecule has 2 N–H and O–H groups in total. The van der Waals surface area contributed by atoms with Crippen LogP contribution in [-0.4, -0.2) is 28.6 Å². The van der Waals surface area contributed by atoms with Crippen molar-refractivity contribution in [2.24, 2.45) is 0 Å². The van der Waals surface area contributed by atoms with E-state index in [1.54, 1.807) is 6.92 Å². The smallest absolute Gasteiger partial charge is 0.240 e. The molecule has 1 aliphatic carbocycles. The summed E-state index contributed by atoms with van der Waals surface area (Å²) in [6.07, 6.45) is 2.74. The molecule has 16 heavy (non-hydrogen) atoms. The molecule has 6 nitrogen and oxygen atoms in total. The summed E-state index contributed by atoms with van der Waals surface area (Å²) in [5, 5.41) is 9.68. The molecule has 1 amide bonds. The lowest BCUT2D eigenvalue weighted by Crippen LogP contribution is -2.29. The monoisotopic (exact) mass is 224 g/mol. The van der Waals surface area contributed by atoms with E-state index in [0.29, 0.717) is 37.3 Å². The van der Waals surface area contributed by atoms with Gasteiger partial charge in [-0.1, -0.05) is 5.16 Å². The summed E-state index contributed by atoms with van der Waals surface area (Å²) in [5.41, 5.74) is 0. The summed E-state index contributed by atoms with van der Waals surface area (Å²) in [7, 11) is 0. The molecule has 0 aromatic carbocycles. The first-order valence-electron chi connectivity index (χ1n) is 5.53. The van der Waals surface area contributed by atoms with E-state index >= 15 is 0 Å². The minimum absolute atomic E-state index is 0.108. The van der Waals surface area contributed by atoms with Crippen LogP contribution in [0.4, 0.5) is 0 Å². The summed E-state index contributed by atoms with van der Waals surface area (Å²) in [6, 6.07) is 0.436. The number of hydrogen-bond acceptors (Lipinski definition) is 5. The molecule has 1 heterocycles. The third-order valence-electron chi connectivity index (χ3n) is 2.32. The molecule has 0 radical (unpaired) electrons. The van der Waals surface area contributed by atoms with Gasteiger partial charge in [-0.25, -0.2) is 0 Å². The number of aromatic nitrogens is 2. The molecule has 0 saturated heterocycles. The quantitative estimate of drug-likeness (QED) is 0.672. The van der Waals surface area contributed by atoms with Crippen LogP contribution in [-0.2, 0) is 11.3 Å². The summed E-state index contributed by atoms with van der Waals surface area (Å²) in [5.74, 6) is 1.29. The van der Waals surface area contributed by atoms with Gasteiger partial charge in [0.1, 0.15) is 0 Å². The number of hydrogen-bond donors (Lipinski definition) is 2. The molecule has 0 atom stereocenters. The van der Waals surface area contributed by atoms with Crippen molar-refractivity contribution in [2.45, 2.75) is 38.8 Å². The van der Waals surface area contributed by atoms with Gasteiger partial charge in [0.25, 0.3) is 0 Å². The Morgan fingerprint density at radius 2 is 2.38 bits per heavy atom. The Balaban J connectivity index is 1.55. The zero-order valence-corrected chi connectivity index (χ0v) is 9.32. The number of aryl methyl sites for hydroxylation is 1. The van der Waals surface area contributed by atoms with Crippen LogP contribution in [0.3, 0.4) is 0 Å². The Morgan fingerprint density at radius 1 is 1.56 bits per heavy atom. The summed E-state index contributed by atoms with van der Waals surface area (Å²) < 4.78 is 4.92. The molecular formula is C10H16N4O2. The number of rotatable bonds is 6. The minimum Gasteiger partial charge on any atom is -0.353 e. The number of nitrogens with one attached hydrogen (secondary N) is 2. The van der Waals surface area contributed by atoms with Crippen LogP contribution >= 0.6 is 0 Å². The van der Waals surface area contributed by atoms with Gasteiger partial charge >= 0.3 is 0 Å². The van der Waals surface area contributed by atoms with E-state index in [-0.39, 0.29) is 5.91 Å². The van der Waals surface area contributed by atoms with Crippen molar-refractivity contribution < 1.29 is 9.32 Å². The van der Waals surface area contributed by atoms with Gasteiger partial charge in [-0.2, -0.15) is 4.98 Å². The van der Waals surface area contributed by atoms with Crippen LogP contribution in [0.5, 0.6) is 0 Å². The van der Waals surface area contributed by atoms with Gasteiger partial charge in [0.15, 0.2) is 5.82 Å². The van der Waals surface area contributed by atoms with Crippen molar-refractivity contribution in [1.29, 1.82) is 0 Å². The van der Waals surface area contributed by atoms with E-state index in [1.807, 2.05) is 0 Å². The molecule has 1 saturated carbocycles. The molecule has 1 aromatic heterocycles. The highest BCUT2D eigenvalue weighted by molar-refractivity contribution is 5.76. The van der Waals surface area contributed by atoms with E-state index in [4.69, 9.17) is 4.52 Å². The Morgan fingerprint density at radius 3 is 3.00 bits per heavy atom. The van der Waals surface area contributed by atoms with Gasteiger partial charge in [-0.15, -0.1) is 0 Å². The summed E-state index contributed by atoms with van der Waals surface area (Å²) in [6.45, 7) is 2.91. The van der Waals surface area contributed by atoms with Crippen LogP contribution in [0.25, 0.3) is 0 Å². The SMILES string of the molecule is Cc1noc(CNCCC(=O)NC2CC2)n1. The third kappa shape index (κ3) is 3.62. The fourth-order valence-corrected chi connectivity index (χ4v) is 1.34. The predicted octanol–water partition coefficient (Wildman–Crippen LogP) is 0.136. The van der Waals surface area contributed by atoms with Crippen molar-refractivity contribution >= 4 is 5.91 Å². The molecule has 0 aliphatic heterocycles. The minimum atomic E-state index is 0.108. The fraction of sp³-hybridized carbons (Fsp3) is 0.700. The van der Waals surface area contributed by atoms with Crippen molar-refractivity contribution in [1.82, 2.24) is 20.8 Å². The van der Waals surface area contributed by atoms with Crippen molar-refractivity contribution in [3.05, 3.63) is 11.7 Å². The van der Waals surface area contributed by atoms with E-state index in [2.05, 4.69) is 20.8 Å². The average Bonchev–Trinajstić information content (AvgIpc) is 2.95. The van der Waals surface area contributed by atoms with Gasteiger partial charge in [-0.3, -0.25) is 4.79 Å². The lowest BCUT2D eigenvalue weighted by atomic mass is 10.4. The maximum Gasteiger partial charge on any atom is 0.240 e. The zero-order valence-electron chi connectivity index (χ0n) is 9.32. The highest BCUT2D eigenvalue weighted by Gasteiger charge is 2.22. The highest BCUT2D eigenvalue weighted by Crippen LogP contribution is 2.18. The predicted molar refractivity (Wildman–Crippen MR) is 56.5 cm³/mol. The lowest BCUT2D eigenvalue weighted by Gasteiger charge is -2.03. The number of nitrogens with zero attached hydrogens (tertiary/aromatic N) is 2. The largest absolute Gasteiger partial charge is 0.353 e. The second-order valence-corrected chi connectivity index (χ2v) is 4.00. The maximum absolute atomic E-state index is 11.3. The number of carbonyl (C=O) groups is 1. The van der Waals surface area contributed by atoms with Gasteiger partial charge in [0.2, 0.25) is 11.8 Å². The average molecular weight is 224 g/mol. The summed E-state index contributed by atoms with van der Waals surface area (Å²) >= 11 is 0. The Hall–Kier alpha value is -1.43. The normalized spacial score (nSPS) is 15.1. The highest BCUT2D eigenvalue weighted by atomic mass is 16.5. The van der Waals surface area contributed by atoms with Gasteiger partial charge < -0.3 is 15.2 Å². The Bertz CT molecular complexity index is 359. The molecule has 0 bridgehead atoms. The second-order valence-electron chi connectivity index (χ2n) is 4.00. The van der Waals surface area contributed by atoms with Crippen LogP contribution in [0.2, 0.25) is 0 Å². The molecular weight excluding hydrogens is 208 g/mol. The second kappa shape index (κ2) is 5.07. The number of carbonyl (C=O) groups excluding carboxylic acids is 1. The van der Waals surface area contributed by atoms with Crippen LogP contribution < -0.4 is 10.6 Å². The Labute approximate surface area is 93.8 Å². The standard InChI is InChI=1S/C10H16N4O2/c1-7-12-10(16-14-7)6-11-5-4-9(15)13-8-2-3-8/h8,11H,2-6H2,1H3,(H,13,15). The van der Waals surface area contributed by atoms with Crippen LogP contribution in [0, 0.1) is 6.92 Å². The molecule has 88 valence electrons. The van der Waals surface area contributed by atoms with Crippen LogP contribution in [0.1, 0.15) is 31.0 Å². The van der Waals surface area contributed by atoms with E-state index in [0.717, 1.165) is 12.8 Å². The van der Waals surface area contributed by atoms with Crippen molar-refractivity contribution in [3.63, 3.8) is 0 Å². The van der Waals surface area contributed by atoms with E-state index < -0.39 is 0 Å². The molecule has 1 fully saturated rings. The molecule has 2 rings (SSSR count). The van der Waals surface area contributed by atoms with Crippen molar-refractivity contribution in [3.8, 4) is 0 Å². The first-order valence-corrected chi connectivity index (χ1v) is 5.53. The molecule has 0 spiro atoms. The molecule has 1 aliphatic rings. The lowest BCUT2D eigenvalue weighted by molar-refractivity contribution is -0.121. The summed E-state index contributed by atoms with van der Waals surface area (Å²) in [4.78, 5) is 15.4. The fourth-order valence-electron chi connectivity index (χ4n) is 1.34. The van der Waals surface area contributed by atoms with Gasteiger partial charge in [-0.05, 0) is 19.8 Å². The first-order chi connectivity index (χ1) is 7.74. The molecule has 6 heteroatoms. The van der Waals surface area contributed by atoms with Crippen LogP contribution in [0.15, 0.2) is 4.52 Å². The number of amides is 1. The zero-order chi connectivity index (χ0) is 11.4. The van der Waals surface area contributed by atoms with E-state index in [9.17, 15) is 4.79 Å². The Kier molecular flexibility index (Phi) is 3.51. The molecule has 0 unspecified atom stereocenters. The topological polar surface area (TPSA) is 80.0 Å². The van der Waals surface area contributed by atoms with E-state index in [1.165, 1.54) is 0 Å². The maximum atomic E-state index is 11.3. The molecule has 1 aromatic rings. The van der Waals surface area contributed by atoms with Crippen molar-refractivity contribution in [2.75, 3.05) is 6.54 Å². The third-order valence-corrected chi connectivity index (χ3v) is 2.32.